The van der Waals surface area contributed by atoms with Crippen LogP contribution in [0.4, 0.5) is 5.69 Å². The van der Waals surface area contributed by atoms with Gasteiger partial charge in [0.25, 0.3) is 5.69 Å². The van der Waals surface area contributed by atoms with Crippen LogP contribution in [0.5, 0.6) is 5.75 Å². The lowest BCUT2D eigenvalue weighted by atomic mass is 10.1. The average molecular weight is 248 g/mol. The number of unbranched alkanes of at least 4 members (excludes halogenated alkanes) is 1. The quantitative estimate of drug-likeness (QED) is 0.333. The Bertz CT molecular complexity index is 505. The number of ether oxygens (including phenoxy) is 1. The number of non-ortho nitro benzene ring substituents is 1. The Morgan fingerprint density at radius 1 is 1.56 bits per heavy atom. The van der Waals surface area contributed by atoms with Gasteiger partial charge in [-0.2, -0.15) is 5.26 Å². The number of benzene rings is 1. The van der Waals surface area contributed by atoms with Gasteiger partial charge in [-0.05, 0) is 19.4 Å². The SMILES string of the molecule is CC(=O)c1cc([N+](=O)[O-])ccc1OCCCC#N. The zero-order valence-corrected chi connectivity index (χ0v) is 9.88. The van der Waals surface area contributed by atoms with Gasteiger partial charge in [-0.15, -0.1) is 0 Å². The zero-order valence-electron chi connectivity index (χ0n) is 9.88. The molecule has 1 aromatic carbocycles. The van der Waals surface area contributed by atoms with Crippen LogP contribution in [-0.4, -0.2) is 17.3 Å². The number of hydrogen-bond acceptors (Lipinski definition) is 5. The molecule has 0 heterocycles. The first kappa shape index (κ1) is 13.6. The maximum Gasteiger partial charge on any atom is 0.270 e. The minimum Gasteiger partial charge on any atom is -0.493 e. The standard InChI is InChI=1S/C12H12N2O4/c1-9(15)11-8-10(14(16)17)4-5-12(11)18-7-3-2-6-13/h4-5,8H,2-3,7H2,1H3. The van der Waals surface area contributed by atoms with Crippen molar-refractivity contribution in [2.24, 2.45) is 0 Å². The van der Waals surface area contributed by atoms with Crippen LogP contribution < -0.4 is 4.74 Å². The Labute approximate surface area is 104 Å². The third-order valence-electron chi connectivity index (χ3n) is 2.24. The van der Waals surface area contributed by atoms with Gasteiger partial charge in [0.15, 0.2) is 5.78 Å². The van der Waals surface area contributed by atoms with Gasteiger partial charge in [-0.3, -0.25) is 14.9 Å². The van der Waals surface area contributed by atoms with Crippen LogP contribution in [0.25, 0.3) is 0 Å². The number of nitrogens with zero attached hydrogens (tertiary/aromatic N) is 2. The highest BCUT2D eigenvalue weighted by atomic mass is 16.6. The molecular weight excluding hydrogens is 236 g/mol. The number of Topliss-reactive ketones (excluding diaryl/α,β-unsaturated/α-hetero) is 1. The number of nitriles is 1. The molecule has 6 heteroatoms. The van der Waals surface area contributed by atoms with Crippen LogP contribution in [0.3, 0.4) is 0 Å². The van der Waals surface area contributed by atoms with E-state index in [4.69, 9.17) is 10.00 Å². The van der Waals surface area contributed by atoms with Crippen LogP contribution in [0, 0.1) is 21.4 Å². The summed E-state index contributed by atoms with van der Waals surface area (Å²) in [5.74, 6) is 0.0139. The number of ketones is 1. The van der Waals surface area contributed by atoms with Gasteiger partial charge < -0.3 is 4.74 Å². The minimum atomic E-state index is -0.564. The lowest BCUT2D eigenvalue weighted by Crippen LogP contribution is -2.03. The van der Waals surface area contributed by atoms with Gasteiger partial charge in [0.2, 0.25) is 0 Å². The lowest BCUT2D eigenvalue weighted by Gasteiger charge is -2.08. The monoisotopic (exact) mass is 248 g/mol. The molecule has 6 nitrogen and oxygen atoms in total. The predicted molar refractivity (Wildman–Crippen MR) is 63.4 cm³/mol. The summed E-state index contributed by atoms with van der Waals surface area (Å²) < 4.78 is 5.34. The van der Waals surface area contributed by atoms with E-state index in [2.05, 4.69) is 0 Å². The Kier molecular flexibility index (Phi) is 4.81. The van der Waals surface area contributed by atoms with E-state index in [0.29, 0.717) is 25.2 Å². The Hall–Kier alpha value is -2.42. The molecule has 1 rings (SSSR count). The van der Waals surface area contributed by atoms with E-state index in [1.165, 1.54) is 25.1 Å². The van der Waals surface area contributed by atoms with E-state index in [9.17, 15) is 14.9 Å². The van der Waals surface area contributed by atoms with Crippen molar-refractivity contribution in [1.29, 1.82) is 5.26 Å². The van der Waals surface area contributed by atoms with E-state index >= 15 is 0 Å². The maximum absolute atomic E-state index is 11.4. The first-order valence-electron chi connectivity index (χ1n) is 5.35. The first-order chi connectivity index (χ1) is 8.56. The van der Waals surface area contributed by atoms with Crippen molar-refractivity contribution in [2.75, 3.05) is 6.61 Å². The third-order valence-corrected chi connectivity index (χ3v) is 2.24. The van der Waals surface area contributed by atoms with Crippen molar-refractivity contribution in [3.8, 4) is 11.8 Å². The van der Waals surface area contributed by atoms with E-state index in [1.807, 2.05) is 6.07 Å². The van der Waals surface area contributed by atoms with Crippen molar-refractivity contribution >= 4 is 11.5 Å². The topological polar surface area (TPSA) is 93.2 Å². The van der Waals surface area contributed by atoms with Gasteiger partial charge in [-0.25, -0.2) is 0 Å². The van der Waals surface area contributed by atoms with E-state index in [1.54, 1.807) is 0 Å². The van der Waals surface area contributed by atoms with Crippen LogP contribution in [0.2, 0.25) is 0 Å². The molecule has 0 saturated heterocycles. The Balaban J connectivity index is 2.87. The summed E-state index contributed by atoms with van der Waals surface area (Å²) in [5.41, 5.74) is 0.0331. The van der Waals surface area contributed by atoms with Crippen molar-refractivity contribution < 1.29 is 14.5 Å². The molecule has 0 saturated carbocycles. The zero-order chi connectivity index (χ0) is 13.5. The van der Waals surface area contributed by atoms with E-state index in [-0.39, 0.29) is 17.0 Å². The molecule has 0 aliphatic rings. The normalized spacial score (nSPS) is 9.56. The third kappa shape index (κ3) is 3.56. The molecule has 0 radical (unpaired) electrons. The molecule has 18 heavy (non-hydrogen) atoms. The van der Waals surface area contributed by atoms with Gasteiger partial charge in [0.1, 0.15) is 5.75 Å². The fourth-order valence-electron chi connectivity index (χ4n) is 1.37. The second-order valence-electron chi connectivity index (χ2n) is 3.60. The number of carbonyl (C=O) groups is 1. The number of nitro benzene ring substituents is 1. The maximum atomic E-state index is 11.4. The van der Waals surface area contributed by atoms with Crippen molar-refractivity contribution in [3.63, 3.8) is 0 Å². The fraction of sp³-hybridized carbons (Fsp3) is 0.333. The molecule has 0 amide bonds. The second-order valence-corrected chi connectivity index (χ2v) is 3.60. The van der Waals surface area contributed by atoms with Crippen LogP contribution in [0.1, 0.15) is 30.1 Å². The molecule has 0 N–H and O–H groups in total. The first-order valence-corrected chi connectivity index (χ1v) is 5.35. The molecule has 0 spiro atoms. The highest BCUT2D eigenvalue weighted by Crippen LogP contribution is 2.24. The summed E-state index contributed by atoms with van der Waals surface area (Å²) >= 11 is 0. The van der Waals surface area contributed by atoms with Gasteiger partial charge >= 0.3 is 0 Å². The summed E-state index contributed by atoms with van der Waals surface area (Å²) in [6.07, 6.45) is 0.910. The van der Waals surface area contributed by atoms with Gasteiger partial charge in [0, 0.05) is 18.6 Å². The molecule has 0 aromatic heterocycles. The van der Waals surface area contributed by atoms with E-state index in [0.717, 1.165) is 0 Å². The summed E-state index contributed by atoms with van der Waals surface area (Å²) in [6.45, 7) is 1.62. The average Bonchev–Trinajstić information content (AvgIpc) is 2.34. The summed E-state index contributed by atoms with van der Waals surface area (Å²) in [7, 11) is 0. The van der Waals surface area contributed by atoms with Crippen LogP contribution in [-0.2, 0) is 0 Å². The molecule has 94 valence electrons. The van der Waals surface area contributed by atoms with Crippen LogP contribution >= 0.6 is 0 Å². The van der Waals surface area contributed by atoms with Gasteiger partial charge in [-0.1, -0.05) is 0 Å². The summed E-state index contributed by atoms with van der Waals surface area (Å²) in [5, 5.41) is 19.0. The molecule has 1 aromatic rings. The van der Waals surface area contributed by atoms with Crippen molar-refractivity contribution in [3.05, 3.63) is 33.9 Å². The lowest BCUT2D eigenvalue weighted by molar-refractivity contribution is -0.384. The number of hydrogen-bond donors (Lipinski definition) is 0. The molecule has 0 bridgehead atoms. The highest BCUT2D eigenvalue weighted by molar-refractivity contribution is 5.97. The Morgan fingerprint density at radius 3 is 2.83 bits per heavy atom. The molecule has 0 atom stereocenters. The van der Waals surface area contributed by atoms with Crippen molar-refractivity contribution in [1.82, 2.24) is 0 Å². The summed E-state index contributed by atoms with van der Waals surface area (Å²) in [6, 6.07) is 5.86. The van der Waals surface area contributed by atoms with E-state index < -0.39 is 4.92 Å². The second kappa shape index (κ2) is 6.35. The van der Waals surface area contributed by atoms with Crippen molar-refractivity contribution in [2.45, 2.75) is 19.8 Å². The highest BCUT2D eigenvalue weighted by Gasteiger charge is 2.14. The van der Waals surface area contributed by atoms with Crippen LogP contribution in [0.15, 0.2) is 18.2 Å². The largest absolute Gasteiger partial charge is 0.493 e. The molecule has 0 aliphatic heterocycles. The summed E-state index contributed by atoms with van der Waals surface area (Å²) in [4.78, 5) is 21.4. The Morgan fingerprint density at radius 2 is 2.28 bits per heavy atom. The number of rotatable bonds is 6. The predicted octanol–water partition coefficient (Wildman–Crippen LogP) is 2.48. The molecular formula is C12H12N2O4. The van der Waals surface area contributed by atoms with Gasteiger partial charge in [0.05, 0.1) is 23.2 Å². The number of nitro groups is 1. The molecule has 0 unspecified atom stereocenters. The number of carbonyl (C=O) groups excluding carboxylic acids is 1. The molecule has 0 aliphatic carbocycles. The fourth-order valence-corrected chi connectivity index (χ4v) is 1.37. The smallest absolute Gasteiger partial charge is 0.270 e. The minimum absolute atomic E-state index is 0.149. The molecule has 0 fully saturated rings.